The van der Waals surface area contributed by atoms with E-state index < -0.39 is 5.82 Å². The van der Waals surface area contributed by atoms with E-state index in [2.05, 4.69) is 30.7 Å². The van der Waals surface area contributed by atoms with Gasteiger partial charge in [-0.1, -0.05) is 0 Å². The molecule has 106 valence electrons. The van der Waals surface area contributed by atoms with Crippen molar-refractivity contribution in [3.05, 3.63) is 17.9 Å². The van der Waals surface area contributed by atoms with Crippen LogP contribution in [0.5, 0.6) is 5.75 Å². The number of benzene rings is 1. The van der Waals surface area contributed by atoms with Crippen LogP contribution in [0.15, 0.2) is 12.1 Å². The van der Waals surface area contributed by atoms with Crippen LogP contribution in [-0.4, -0.2) is 44.2 Å². The van der Waals surface area contributed by atoms with Gasteiger partial charge < -0.3 is 15.4 Å². The Hall–Kier alpha value is -1.49. The molecule has 0 radical (unpaired) electrons. The zero-order valence-corrected chi connectivity index (χ0v) is 12.0. The summed E-state index contributed by atoms with van der Waals surface area (Å²) in [6, 6.07) is 3.02. The minimum absolute atomic E-state index is 0.0618. The number of anilines is 2. The molecule has 5 heteroatoms. The minimum Gasteiger partial charge on any atom is -0.494 e. The van der Waals surface area contributed by atoms with Crippen molar-refractivity contribution in [3.63, 3.8) is 0 Å². The quantitative estimate of drug-likeness (QED) is 0.832. The van der Waals surface area contributed by atoms with Crippen molar-refractivity contribution < 1.29 is 9.13 Å². The molecule has 0 bridgehead atoms. The molecule has 0 unspecified atom stereocenters. The molecule has 1 aromatic rings. The first-order chi connectivity index (χ1) is 8.85. The third-order valence-electron chi connectivity index (χ3n) is 3.96. The van der Waals surface area contributed by atoms with Gasteiger partial charge >= 0.3 is 0 Å². The molecule has 2 rings (SSSR count). The molecule has 1 aromatic carbocycles. The third kappa shape index (κ3) is 2.61. The molecule has 1 saturated heterocycles. The molecule has 0 aliphatic carbocycles. The first kappa shape index (κ1) is 13.9. The number of rotatable bonds is 2. The molecular weight excluding hydrogens is 245 g/mol. The van der Waals surface area contributed by atoms with E-state index in [1.165, 1.54) is 13.2 Å². The fourth-order valence-electron chi connectivity index (χ4n) is 2.43. The lowest BCUT2D eigenvalue weighted by Crippen LogP contribution is -2.57. The van der Waals surface area contributed by atoms with Crippen molar-refractivity contribution in [2.45, 2.75) is 19.4 Å². The predicted molar refractivity (Wildman–Crippen MR) is 76.3 cm³/mol. The van der Waals surface area contributed by atoms with Gasteiger partial charge in [-0.25, -0.2) is 4.39 Å². The van der Waals surface area contributed by atoms with Crippen molar-refractivity contribution in [1.82, 2.24) is 4.90 Å². The molecule has 0 saturated carbocycles. The Balaban J connectivity index is 2.32. The molecule has 0 atom stereocenters. The van der Waals surface area contributed by atoms with Crippen molar-refractivity contribution in [2.75, 3.05) is 44.4 Å². The Bertz CT molecular complexity index is 476. The number of piperazine rings is 1. The maximum Gasteiger partial charge on any atom is 0.167 e. The average Bonchev–Trinajstić information content (AvgIpc) is 2.33. The molecule has 1 aliphatic heterocycles. The fraction of sp³-hybridized carbons (Fsp3) is 0.571. The van der Waals surface area contributed by atoms with Crippen LogP contribution in [-0.2, 0) is 0 Å². The lowest BCUT2D eigenvalue weighted by molar-refractivity contribution is 0.139. The number of methoxy groups -OCH3 is 1. The van der Waals surface area contributed by atoms with Gasteiger partial charge in [-0.15, -0.1) is 0 Å². The monoisotopic (exact) mass is 267 g/mol. The zero-order valence-electron chi connectivity index (χ0n) is 12.0. The highest BCUT2D eigenvalue weighted by atomic mass is 19.1. The van der Waals surface area contributed by atoms with E-state index >= 15 is 0 Å². The second kappa shape index (κ2) is 4.89. The predicted octanol–water partition coefficient (Wildman–Crippen LogP) is 1.95. The minimum atomic E-state index is -0.419. The van der Waals surface area contributed by atoms with Gasteiger partial charge in [-0.2, -0.15) is 0 Å². The zero-order chi connectivity index (χ0) is 14.2. The number of ether oxygens (including phenoxy) is 1. The Kier molecular flexibility index (Phi) is 3.58. The van der Waals surface area contributed by atoms with Crippen molar-refractivity contribution >= 4 is 11.4 Å². The molecule has 0 amide bonds. The summed E-state index contributed by atoms with van der Waals surface area (Å²) in [6.07, 6.45) is 0. The molecule has 0 aromatic heterocycles. The van der Waals surface area contributed by atoms with Gasteiger partial charge in [0.2, 0.25) is 0 Å². The summed E-state index contributed by atoms with van der Waals surface area (Å²) >= 11 is 0. The van der Waals surface area contributed by atoms with Gasteiger partial charge in [0.15, 0.2) is 11.6 Å². The van der Waals surface area contributed by atoms with E-state index in [1.807, 2.05) is 0 Å². The number of hydrogen-bond donors (Lipinski definition) is 1. The van der Waals surface area contributed by atoms with E-state index in [9.17, 15) is 4.39 Å². The second-order valence-corrected chi connectivity index (χ2v) is 5.70. The van der Waals surface area contributed by atoms with Gasteiger partial charge in [-0.3, -0.25) is 4.90 Å². The molecule has 2 N–H and O–H groups in total. The van der Waals surface area contributed by atoms with Gasteiger partial charge in [0.1, 0.15) is 0 Å². The normalized spacial score (nSPS) is 19.5. The molecule has 1 fully saturated rings. The van der Waals surface area contributed by atoms with E-state index in [-0.39, 0.29) is 11.3 Å². The maximum atomic E-state index is 13.6. The number of nitrogens with two attached hydrogens (primary N) is 1. The Labute approximate surface area is 113 Å². The van der Waals surface area contributed by atoms with Crippen LogP contribution in [0.3, 0.4) is 0 Å². The van der Waals surface area contributed by atoms with Gasteiger partial charge in [0.05, 0.1) is 18.5 Å². The summed E-state index contributed by atoms with van der Waals surface area (Å²) in [5.41, 5.74) is 7.31. The van der Waals surface area contributed by atoms with Crippen molar-refractivity contribution in [3.8, 4) is 5.75 Å². The van der Waals surface area contributed by atoms with E-state index in [0.717, 1.165) is 25.3 Å². The smallest absolute Gasteiger partial charge is 0.167 e. The van der Waals surface area contributed by atoms with Crippen molar-refractivity contribution in [2.24, 2.45) is 0 Å². The highest BCUT2D eigenvalue weighted by molar-refractivity contribution is 5.70. The molecule has 1 aliphatic rings. The Morgan fingerprint density at radius 2 is 2.00 bits per heavy atom. The summed E-state index contributed by atoms with van der Waals surface area (Å²) in [5.74, 6) is -0.182. The number of likely N-dealkylation sites (N-methyl/N-ethyl adjacent to an activating group) is 1. The van der Waals surface area contributed by atoms with Gasteiger partial charge in [-0.05, 0) is 20.9 Å². The first-order valence-electron chi connectivity index (χ1n) is 6.44. The lowest BCUT2D eigenvalue weighted by Gasteiger charge is -2.46. The second-order valence-electron chi connectivity index (χ2n) is 5.70. The third-order valence-corrected chi connectivity index (χ3v) is 3.96. The van der Waals surface area contributed by atoms with Crippen molar-refractivity contribution in [1.29, 1.82) is 0 Å². The van der Waals surface area contributed by atoms with Gasteiger partial charge in [0.25, 0.3) is 0 Å². The highest BCUT2D eigenvalue weighted by Crippen LogP contribution is 2.33. The van der Waals surface area contributed by atoms with Crippen LogP contribution in [0, 0.1) is 5.82 Å². The van der Waals surface area contributed by atoms with Crippen LogP contribution in [0.1, 0.15) is 13.8 Å². The van der Waals surface area contributed by atoms with Crippen LogP contribution in [0.2, 0.25) is 0 Å². The molecule has 4 nitrogen and oxygen atoms in total. The number of nitrogens with zero attached hydrogens (tertiary/aromatic N) is 2. The van der Waals surface area contributed by atoms with E-state index in [4.69, 9.17) is 10.5 Å². The lowest BCUT2D eigenvalue weighted by atomic mass is 9.99. The van der Waals surface area contributed by atoms with E-state index in [1.54, 1.807) is 6.07 Å². The number of halogens is 1. The molecule has 19 heavy (non-hydrogen) atoms. The standard InChI is InChI=1S/C14H22FN3O/c1-14(2)9-18(6-5-17(14)3)12-8-13(19-4)10(15)7-11(12)16/h7-8H,5-6,9,16H2,1-4H3. The van der Waals surface area contributed by atoms with Crippen LogP contribution in [0.4, 0.5) is 15.8 Å². The van der Waals surface area contributed by atoms with Crippen LogP contribution >= 0.6 is 0 Å². The molecule has 0 spiro atoms. The molecule has 1 heterocycles. The van der Waals surface area contributed by atoms with Gasteiger partial charge in [0, 0.05) is 37.3 Å². The average molecular weight is 267 g/mol. The fourth-order valence-corrected chi connectivity index (χ4v) is 2.43. The molecular formula is C14H22FN3O. The van der Waals surface area contributed by atoms with Crippen LogP contribution in [0.25, 0.3) is 0 Å². The highest BCUT2D eigenvalue weighted by Gasteiger charge is 2.32. The first-order valence-corrected chi connectivity index (χ1v) is 6.44. The maximum absolute atomic E-state index is 13.6. The Morgan fingerprint density at radius 1 is 1.32 bits per heavy atom. The number of hydrogen-bond acceptors (Lipinski definition) is 4. The van der Waals surface area contributed by atoms with E-state index in [0.29, 0.717) is 5.69 Å². The largest absolute Gasteiger partial charge is 0.494 e. The number of nitrogen functional groups attached to an aromatic ring is 1. The SMILES string of the molecule is COc1cc(N2CCN(C)C(C)(C)C2)c(N)cc1F. The summed E-state index contributed by atoms with van der Waals surface area (Å²) in [7, 11) is 3.58. The topological polar surface area (TPSA) is 41.7 Å². The van der Waals surface area contributed by atoms with Crippen LogP contribution < -0.4 is 15.4 Å². The summed E-state index contributed by atoms with van der Waals surface area (Å²) in [6.45, 7) is 7.06. The summed E-state index contributed by atoms with van der Waals surface area (Å²) in [5, 5.41) is 0. The summed E-state index contributed by atoms with van der Waals surface area (Å²) < 4.78 is 18.6. The Morgan fingerprint density at radius 3 is 2.58 bits per heavy atom. The summed E-state index contributed by atoms with van der Waals surface area (Å²) in [4.78, 5) is 4.51.